The summed E-state index contributed by atoms with van der Waals surface area (Å²) in [5.74, 6) is 0.101. The van der Waals surface area contributed by atoms with Gasteiger partial charge in [0.2, 0.25) is 0 Å². The predicted molar refractivity (Wildman–Crippen MR) is 68.5 cm³/mol. The van der Waals surface area contributed by atoms with Crippen molar-refractivity contribution in [2.75, 3.05) is 0 Å². The quantitative estimate of drug-likeness (QED) is 0.898. The van der Waals surface area contributed by atoms with E-state index in [2.05, 4.69) is 4.74 Å². The number of alkyl halides is 2. The van der Waals surface area contributed by atoms with Gasteiger partial charge in [0.15, 0.2) is 0 Å². The third-order valence-electron chi connectivity index (χ3n) is 2.30. The molecule has 0 heterocycles. The van der Waals surface area contributed by atoms with Crippen LogP contribution in [0.25, 0.3) is 6.08 Å². The average Bonchev–Trinajstić information content (AvgIpc) is 2.27. The Kier molecular flexibility index (Phi) is 4.98. The lowest BCUT2D eigenvalue weighted by Gasteiger charge is -2.15. The van der Waals surface area contributed by atoms with Crippen LogP contribution in [0.15, 0.2) is 30.3 Å². The van der Waals surface area contributed by atoms with Crippen LogP contribution < -0.4 is 9.88 Å². The standard InChI is InChI=1S/C12H15F2NO2S/c1-12(2,18(15)16)8-7-9-3-5-10(6-4-9)17-11(13)14/h3-8,11H,15H2,1-2H3. The molecule has 0 amide bonds. The van der Waals surface area contributed by atoms with Gasteiger partial charge < -0.3 is 4.74 Å². The number of nitrogens with two attached hydrogens (primary N) is 1. The molecule has 0 aliphatic rings. The molecular formula is C12H15F2NO2S. The van der Waals surface area contributed by atoms with Gasteiger partial charge in [-0.05, 0) is 31.5 Å². The van der Waals surface area contributed by atoms with Crippen molar-refractivity contribution in [3.8, 4) is 5.75 Å². The van der Waals surface area contributed by atoms with Gasteiger partial charge in [0.1, 0.15) is 5.75 Å². The van der Waals surface area contributed by atoms with Gasteiger partial charge in [0.25, 0.3) is 0 Å². The minimum atomic E-state index is -2.83. The second-order valence-electron chi connectivity index (χ2n) is 4.18. The van der Waals surface area contributed by atoms with Gasteiger partial charge in [-0.2, -0.15) is 8.78 Å². The summed E-state index contributed by atoms with van der Waals surface area (Å²) < 4.78 is 38.6. The van der Waals surface area contributed by atoms with Crippen LogP contribution in [0.1, 0.15) is 19.4 Å². The van der Waals surface area contributed by atoms with Crippen molar-refractivity contribution in [1.82, 2.24) is 0 Å². The largest absolute Gasteiger partial charge is 0.435 e. The van der Waals surface area contributed by atoms with Gasteiger partial charge in [-0.3, -0.25) is 5.14 Å². The summed E-state index contributed by atoms with van der Waals surface area (Å²) >= 11 is 0. The number of benzene rings is 1. The highest BCUT2D eigenvalue weighted by atomic mass is 32.2. The van der Waals surface area contributed by atoms with E-state index in [1.807, 2.05) is 0 Å². The number of hydrogen-bond acceptors (Lipinski definition) is 2. The van der Waals surface area contributed by atoms with Crippen molar-refractivity contribution in [2.24, 2.45) is 5.14 Å². The van der Waals surface area contributed by atoms with E-state index >= 15 is 0 Å². The second kappa shape index (κ2) is 6.06. The molecule has 0 spiro atoms. The van der Waals surface area contributed by atoms with E-state index in [1.165, 1.54) is 12.1 Å². The topological polar surface area (TPSA) is 52.3 Å². The van der Waals surface area contributed by atoms with Gasteiger partial charge in [0.05, 0.1) is 15.7 Å². The van der Waals surface area contributed by atoms with Crippen molar-refractivity contribution < 1.29 is 17.7 Å². The highest BCUT2D eigenvalue weighted by Crippen LogP contribution is 2.18. The molecule has 1 rings (SSSR count). The Morgan fingerprint density at radius 2 is 1.89 bits per heavy atom. The highest BCUT2D eigenvalue weighted by Gasteiger charge is 2.18. The molecule has 0 fully saturated rings. The molecule has 1 aromatic rings. The van der Waals surface area contributed by atoms with E-state index in [0.717, 1.165) is 5.56 Å². The van der Waals surface area contributed by atoms with E-state index < -0.39 is 22.3 Å². The highest BCUT2D eigenvalue weighted by molar-refractivity contribution is 7.84. The van der Waals surface area contributed by atoms with Gasteiger partial charge in [-0.1, -0.05) is 24.3 Å². The van der Waals surface area contributed by atoms with Crippen LogP contribution >= 0.6 is 0 Å². The molecule has 0 radical (unpaired) electrons. The van der Waals surface area contributed by atoms with Crippen molar-refractivity contribution in [3.63, 3.8) is 0 Å². The number of rotatable bonds is 5. The van der Waals surface area contributed by atoms with Gasteiger partial charge in [0, 0.05) is 0 Å². The minimum absolute atomic E-state index is 0.101. The second-order valence-corrected chi connectivity index (χ2v) is 5.83. The molecular weight excluding hydrogens is 260 g/mol. The normalized spacial score (nSPS) is 14.1. The number of ether oxygens (including phenoxy) is 1. The summed E-state index contributed by atoms with van der Waals surface area (Å²) in [5, 5.41) is 5.33. The van der Waals surface area contributed by atoms with Crippen molar-refractivity contribution in [3.05, 3.63) is 35.9 Å². The summed E-state index contributed by atoms with van der Waals surface area (Å²) in [6.45, 7) is 0.659. The average molecular weight is 275 g/mol. The van der Waals surface area contributed by atoms with E-state index in [1.54, 1.807) is 38.1 Å². The molecule has 1 unspecified atom stereocenters. The third-order valence-corrected chi connectivity index (χ3v) is 3.47. The van der Waals surface area contributed by atoms with Crippen LogP contribution in [-0.2, 0) is 11.0 Å². The van der Waals surface area contributed by atoms with E-state index in [9.17, 15) is 13.0 Å². The van der Waals surface area contributed by atoms with Gasteiger partial charge in [-0.15, -0.1) is 0 Å². The van der Waals surface area contributed by atoms with Crippen LogP contribution in [0.2, 0.25) is 0 Å². The molecule has 1 aromatic carbocycles. The zero-order valence-corrected chi connectivity index (χ0v) is 10.9. The minimum Gasteiger partial charge on any atom is -0.435 e. The Balaban J connectivity index is 2.75. The number of hydrogen-bond donors (Lipinski definition) is 1. The van der Waals surface area contributed by atoms with E-state index in [0.29, 0.717) is 0 Å². The van der Waals surface area contributed by atoms with Crippen molar-refractivity contribution in [1.29, 1.82) is 0 Å². The van der Waals surface area contributed by atoms with Gasteiger partial charge in [-0.25, -0.2) is 4.21 Å². The van der Waals surface area contributed by atoms with Crippen LogP contribution in [0.3, 0.4) is 0 Å². The maximum absolute atomic E-state index is 11.9. The molecule has 0 bridgehead atoms. The number of halogens is 2. The van der Waals surface area contributed by atoms with Crippen LogP contribution in [-0.4, -0.2) is 15.6 Å². The van der Waals surface area contributed by atoms with Gasteiger partial charge >= 0.3 is 6.61 Å². The first-order valence-electron chi connectivity index (χ1n) is 5.21. The van der Waals surface area contributed by atoms with Crippen molar-refractivity contribution >= 4 is 17.1 Å². The molecule has 100 valence electrons. The third kappa shape index (κ3) is 4.54. The SMILES string of the molecule is CC(C)(C=Cc1ccc(OC(F)F)cc1)S(N)=O. The summed E-state index contributed by atoms with van der Waals surface area (Å²) in [5.41, 5.74) is 0.787. The van der Waals surface area contributed by atoms with Crippen LogP contribution in [0.5, 0.6) is 5.75 Å². The molecule has 3 nitrogen and oxygen atoms in total. The monoisotopic (exact) mass is 275 g/mol. The first kappa shape index (κ1) is 14.8. The smallest absolute Gasteiger partial charge is 0.387 e. The van der Waals surface area contributed by atoms with Crippen molar-refractivity contribution in [2.45, 2.75) is 25.2 Å². The summed E-state index contributed by atoms with van der Waals surface area (Å²) in [4.78, 5) is 0. The molecule has 0 saturated carbocycles. The molecule has 6 heteroatoms. The molecule has 18 heavy (non-hydrogen) atoms. The molecule has 0 aliphatic heterocycles. The zero-order valence-electron chi connectivity index (χ0n) is 10.1. The van der Waals surface area contributed by atoms with Crippen LogP contribution in [0, 0.1) is 0 Å². The lowest BCUT2D eigenvalue weighted by Crippen LogP contribution is -2.29. The molecule has 0 aliphatic carbocycles. The Morgan fingerprint density at radius 3 is 2.33 bits per heavy atom. The predicted octanol–water partition coefficient (Wildman–Crippen LogP) is 2.70. The van der Waals surface area contributed by atoms with E-state index in [-0.39, 0.29) is 5.75 Å². The Hall–Kier alpha value is -1.27. The summed E-state index contributed by atoms with van der Waals surface area (Å²) in [7, 11) is -1.47. The first-order chi connectivity index (χ1) is 8.31. The molecule has 0 aromatic heterocycles. The molecule has 2 N–H and O–H groups in total. The molecule has 1 atom stereocenters. The fourth-order valence-corrected chi connectivity index (χ4v) is 1.33. The maximum atomic E-state index is 11.9. The van der Waals surface area contributed by atoms with E-state index in [4.69, 9.17) is 5.14 Å². The Morgan fingerprint density at radius 1 is 1.33 bits per heavy atom. The Labute approximate surface area is 107 Å². The fourth-order valence-electron chi connectivity index (χ4n) is 1.12. The summed E-state index contributed by atoms with van der Waals surface area (Å²) in [6.07, 6.45) is 3.45. The molecule has 0 saturated heterocycles. The fraction of sp³-hybridized carbons (Fsp3) is 0.333. The first-order valence-corrected chi connectivity index (χ1v) is 6.43. The lowest BCUT2D eigenvalue weighted by molar-refractivity contribution is -0.0498. The summed E-state index contributed by atoms with van der Waals surface area (Å²) in [6, 6.07) is 6.14. The van der Waals surface area contributed by atoms with Crippen LogP contribution in [0.4, 0.5) is 8.78 Å². The Bertz CT molecular complexity index is 444. The lowest BCUT2D eigenvalue weighted by atomic mass is 10.1. The zero-order chi connectivity index (χ0) is 13.8. The maximum Gasteiger partial charge on any atom is 0.387 e.